The zero-order chi connectivity index (χ0) is 20.5. The molecule has 0 radical (unpaired) electrons. The van der Waals surface area contributed by atoms with Crippen LogP contribution in [0.3, 0.4) is 0 Å². The smallest absolute Gasteiger partial charge is 0.337 e. The summed E-state index contributed by atoms with van der Waals surface area (Å²) in [5, 5.41) is 0. The lowest BCUT2D eigenvalue weighted by Crippen LogP contribution is -2.49. The molecule has 1 fully saturated rings. The first kappa shape index (κ1) is 20.2. The van der Waals surface area contributed by atoms with E-state index in [2.05, 4.69) is 14.7 Å². The van der Waals surface area contributed by atoms with Gasteiger partial charge in [-0.2, -0.15) is 4.31 Å². The summed E-state index contributed by atoms with van der Waals surface area (Å²) in [5.41, 5.74) is 2.62. The Labute approximate surface area is 165 Å². The fourth-order valence-corrected chi connectivity index (χ4v) is 4.93. The van der Waals surface area contributed by atoms with E-state index in [9.17, 15) is 13.2 Å². The van der Waals surface area contributed by atoms with Crippen molar-refractivity contribution in [3.05, 3.63) is 46.8 Å². The van der Waals surface area contributed by atoms with E-state index in [0.29, 0.717) is 43.3 Å². The maximum Gasteiger partial charge on any atom is 0.337 e. The predicted molar refractivity (Wildman–Crippen MR) is 105 cm³/mol. The molecular formula is C19H24N4O4S. The average molecular weight is 404 g/mol. The Morgan fingerprint density at radius 3 is 2.14 bits per heavy atom. The topological polar surface area (TPSA) is 92.7 Å². The second-order valence-electron chi connectivity index (χ2n) is 6.81. The van der Waals surface area contributed by atoms with Gasteiger partial charge >= 0.3 is 5.97 Å². The van der Waals surface area contributed by atoms with Crippen LogP contribution >= 0.6 is 0 Å². The highest BCUT2D eigenvalue weighted by atomic mass is 32.2. The van der Waals surface area contributed by atoms with Gasteiger partial charge in [-0.15, -0.1) is 0 Å². The van der Waals surface area contributed by atoms with Crippen molar-refractivity contribution in [1.82, 2.24) is 14.3 Å². The summed E-state index contributed by atoms with van der Waals surface area (Å²) in [7, 11) is -2.36. The maximum absolute atomic E-state index is 13.1. The molecular weight excluding hydrogens is 380 g/mol. The molecule has 0 bridgehead atoms. The van der Waals surface area contributed by atoms with Gasteiger partial charge in [0.2, 0.25) is 16.0 Å². The van der Waals surface area contributed by atoms with Gasteiger partial charge in [-0.1, -0.05) is 0 Å². The van der Waals surface area contributed by atoms with Crippen LogP contribution in [0.15, 0.2) is 29.2 Å². The Morgan fingerprint density at radius 1 is 1.00 bits per heavy atom. The number of anilines is 1. The molecule has 0 amide bonds. The summed E-state index contributed by atoms with van der Waals surface area (Å²) in [6.07, 6.45) is 0. The van der Waals surface area contributed by atoms with E-state index in [1.807, 2.05) is 24.8 Å². The van der Waals surface area contributed by atoms with Gasteiger partial charge in [-0.05, 0) is 50.6 Å². The molecule has 0 atom stereocenters. The highest BCUT2D eigenvalue weighted by Gasteiger charge is 2.30. The number of sulfonamides is 1. The standard InChI is InChI=1S/C19H24N4O4S/c1-13-11-16(18(24)27-4)5-6-17(13)28(25,26)23-9-7-22(8-10-23)19-20-14(2)12-15(3)21-19/h5-6,11-12H,7-10H2,1-4H3. The second-order valence-corrected chi connectivity index (χ2v) is 8.72. The van der Waals surface area contributed by atoms with Crippen LogP contribution in [0.4, 0.5) is 5.95 Å². The zero-order valence-electron chi connectivity index (χ0n) is 16.5. The summed E-state index contributed by atoms with van der Waals surface area (Å²) < 4.78 is 32.3. The third kappa shape index (κ3) is 4.00. The van der Waals surface area contributed by atoms with E-state index in [4.69, 9.17) is 0 Å². The molecule has 1 aliphatic rings. The minimum Gasteiger partial charge on any atom is -0.465 e. The van der Waals surface area contributed by atoms with Gasteiger partial charge in [0.05, 0.1) is 17.6 Å². The van der Waals surface area contributed by atoms with E-state index in [1.165, 1.54) is 23.5 Å². The summed E-state index contributed by atoms with van der Waals surface area (Å²) in [6, 6.07) is 6.39. The summed E-state index contributed by atoms with van der Waals surface area (Å²) in [4.78, 5) is 22.8. The van der Waals surface area contributed by atoms with Crippen molar-refractivity contribution in [2.75, 3.05) is 38.2 Å². The van der Waals surface area contributed by atoms with Crippen molar-refractivity contribution in [2.45, 2.75) is 25.7 Å². The number of rotatable bonds is 4. The first-order chi connectivity index (χ1) is 13.2. The van der Waals surface area contributed by atoms with E-state index < -0.39 is 16.0 Å². The third-order valence-corrected chi connectivity index (χ3v) is 6.76. The largest absolute Gasteiger partial charge is 0.465 e. The van der Waals surface area contributed by atoms with Crippen molar-refractivity contribution in [1.29, 1.82) is 0 Å². The normalized spacial score (nSPS) is 15.5. The van der Waals surface area contributed by atoms with E-state index in [0.717, 1.165) is 11.4 Å². The number of aryl methyl sites for hydroxylation is 3. The molecule has 0 N–H and O–H groups in total. The fraction of sp³-hybridized carbons (Fsp3) is 0.421. The van der Waals surface area contributed by atoms with Crippen LogP contribution in [0.25, 0.3) is 0 Å². The Bertz CT molecular complexity index is 979. The fourth-order valence-electron chi connectivity index (χ4n) is 3.30. The molecule has 1 saturated heterocycles. The minimum absolute atomic E-state index is 0.205. The Balaban J connectivity index is 1.77. The molecule has 1 aromatic heterocycles. The molecule has 0 saturated carbocycles. The first-order valence-electron chi connectivity index (χ1n) is 8.98. The van der Waals surface area contributed by atoms with Gasteiger partial charge in [0.1, 0.15) is 0 Å². The maximum atomic E-state index is 13.1. The van der Waals surface area contributed by atoms with Gasteiger partial charge in [0, 0.05) is 37.6 Å². The van der Waals surface area contributed by atoms with Gasteiger partial charge in [0.15, 0.2) is 0 Å². The number of hydrogen-bond donors (Lipinski definition) is 0. The van der Waals surface area contributed by atoms with E-state index in [1.54, 1.807) is 13.0 Å². The molecule has 8 nitrogen and oxygen atoms in total. The number of esters is 1. The van der Waals surface area contributed by atoms with Crippen molar-refractivity contribution in [2.24, 2.45) is 0 Å². The molecule has 2 heterocycles. The highest BCUT2D eigenvalue weighted by molar-refractivity contribution is 7.89. The molecule has 9 heteroatoms. The van der Waals surface area contributed by atoms with Crippen LogP contribution in [0.2, 0.25) is 0 Å². The molecule has 0 aliphatic carbocycles. The number of carbonyl (C=O) groups excluding carboxylic acids is 1. The van der Waals surface area contributed by atoms with Gasteiger partial charge in [-0.25, -0.2) is 23.2 Å². The van der Waals surface area contributed by atoms with Crippen LogP contribution in [0.5, 0.6) is 0 Å². The van der Waals surface area contributed by atoms with E-state index >= 15 is 0 Å². The number of hydrogen-bond acceptors (Lipinski definition) is 7. The van der Waals surface area contributed by atoms with Gasteiger partial charge < -0.3 is 9.64 Å². The van der Waals surface area contributed by atoms with Crippen molar-refractivity contribution in [3.8, 4) is 0 Å². The predicted octanol–water partition coefficient (Wildman–Crippen LogP) is 1.70. The SMILES string of the molecule is COC(=O)c1ccc(S(=O)(=O)N2CCN(c3nc(C)cc(C)n3)CC2)c(C)c1. The molecule has 0 unspecified atom stereocenters. The molecule has 1 aromatic carbocycles. The van der Waals surface area contributed by atoms with Crippen molar-refractivity contribution in [3.63, 3.8) is 0 Å². The van der Waals surface area contributed by atoms with Crippen LogP contribution < -0.4 is 4.90 Å². The monoisotopic (exact) mass is 404 g/mol. The van der Waals surface area contributed by atoms with Crippen molar-refractivity contribution >= 4 is 21.9 Å². The lowest BCUT2D eigenvalue weighted by atomic mass is 10.1. The number of aromatic nitrogens is 2. The van der Waals surface area contributed by atoms with Gasteiger partial charge in [0.25, 0.3) is 0 Å². The molecule has 28 heavy (non-hydrogen) atoms. The lowest BCUT2D eigenvalue weighted by molar-refractivity contribution is 0.0600. The van der Waals surface area contributed by atoms with Crippen LogP contribution in [-0.4, -0.2) is 61.9 Å². The quantitative estimate of drug-likeness (QED) is 0.716. The van der Waals surface area contributed by atoms with Crippen LogP contribution in [-0.2, 0) is 14.8 Å². The number of benzene rings is 1. The lowest BCUT2D eigenvalue weighted by Gasteiger charge is -2.34. The van der Waals surface area contributed by atoms with Crippen LogP contribution in [0, 0.1) is 20.8 Å². The summed E-state index contributed by atoms with van der Waals surface area (Å²) in [5.74, 6) is 0.141. The number of ether oxygens (including phenoxy) is 1. The average Bonchev–Trinajstić information content (AvgIpc) is 2.66. The molecule has 0 spiro atoms. The molecule has 3 rings (SSSR count). The molecule has 1 aliphatic heterocycles. The first-order valence-corrected chi connectivity index (χ1v) is 10.4. The molecule has 2 aromatic rings. The highest BCUT2D eigenvalue weighted by Crippen LogP contribution is 2.23. The number of piperazine rings is 1. The molecule has 150 valence electrons. The number of carbonyl (C=O) groups is 1. The summed E-state index contributed by atoms with van der Waals surface area (Å²) in [6.45, 7) is 7.23. The Kier molecular flexibility index (Phi) is 5.66. The number of nitrogens with zero attached hydrogens (tertiary/aromatic N) is 4. The Morgan fingerprint density at radius 2 is 1.61 bits per heavy atom. The zero-order valence-corrected chi connectivity index (χ0v) is 17.3. The number of methoxy groups -OCH3 is 1. The third-order valence-electron chi connectivity index (χ3n) is 4.71. The second kappa shape index (κ2) is 7.84. The van der Waals surface area contributed by atoms with Crippen molar-refractivity contribution < 1.29 is 17.9 Å². The van der Waals surface area contributed by atoms with Gasteiger partial charge in [-0.3, -0.25) is 0 Å². The Hall–Kier alpha value is -2.52. The minimum atomic E-state index is -3.65. The van der Waals surface area contributed by atoms with E-state index in [-0.39, 0.29) is 4.90 Å². The van der Waals surface area contributed by atoms with Crippen LogP contribution in [0.1, 0.15) is 27.3 Å². The summed E-state index contributed by atoms with van der Waals surface area (Å²) >= 11 is 0.